The third-order valence-electron chi connectivity index (χ3n) is 1.99. The molecule has 1 aromatic heterocycles. The van der Waals surface area contributed by atoms with Crippen LogP contribution in [0.2, 0.25) is 0 Å². The van der Waals surface area contributed by atoms with E-state index in [0.717, 1.165) is 17.1 Å². The zero-order valence-corrected chi connectivity index (χ0v) is 10.4. The van der Waals surface area contributed by atoms with E-state index in [0.29, 0.717) is 19.1 Å². The molecule has 0 atom stereocenters. The molecule has 0 aliphatic heterocycles. The van der Waals surface area contributed by atoms with Crippen molar-refractivity contribution in [3.63, 3.8) is 0 Å². The van der Waals surface area contributed by atoms with Gasteiger partial charge in [0.05, 0.1) is 26.0 Å². The highest BCUT2D eigenvalue weighted by Gasteiger charge is 2.00. The zero-order valence-electron chi connectivity index (χ0n) is 10.4. The smallest absolute Gasteiger partial charge is 0.122 e. The van der Waals surface area contributed by atoms with Crippen molar-refractivity contribution in [1.29, 1.82) is 0 Å². The maximum Gasteiger partial charge on any atom is 0.122 e. The van der Waals surface area contributed by atoms with E-state index in [-0.39, 0.29) is 0 Å². The van der Waals surface area contributed by atoms with E-state index < -0.39 is 0 Å². The van der Waals surface area contributed by atoms with Gasteiger partial charge in [-0.1, -0.05) is 13.8 Å². The zero-order chi connectivity index (χ0) is 12.0. The Morgan fingerprint density at radius 1 is 1.38 bits per heavy atom. The molecular weight excluding hydrogens is 204 g/mol. The van der Waals surface area contributed by atoms with E-state index in [9.17, 15) is 0 Å². The molecule has 0 bridgehead atoms. The molecule has 0 radical (unpaired) electrons. The Morgan fingerprint density at radius 3 is 2.75 bits per heavy atom. The molecule has 4 nitrogen and oxygen atoms in total. The number of hydroxylamine groups is 1. The molecule has 0 saturated heterocycles. The van der Waals surface area contributed by atoms with Gasteiger partial charge in [0.2, 0.25) is 0 Å². The third kappa shape index (κ3) is 4.59. The van der Waals surface area contributed by atoms with Gasteiger partial charge in [-0.25, -0.2) is 0 Å². The minimum Gasteiger partial charge on any atom is -0.497 e. The fourth-order valence-electron chi connectivity index (χ4n) is 1.26. The van der Waals surface area contributed by atoms with Gasteiger partial charge in [-0.3, -0.25) is 4.98 Å². The number of ether oxygens (including phenoxy) is 1. The highest BCUT2D eigenvalue weighted by Crippen LogP contribution is 2.12. The molecule has 1 aromatic rings. The van der Waals surface area contributed by atoms with Crippen LogP contribution >= 0.6 is 0 Å². The van der Waals surface area contributed by atoms with Crippen molar-refractivity contribution in [3.05, 3.63) is 23.5 Å². The molecule has 16 heavy (non-hydrogen) atoms. The number of hydrogen-bond acceptors (Lipinski definition) is 4. The van der Waals surface area contributed by atoms with Crippen LogP contribution in [0.4, 0.5) is 0 Å². The van der Waals surface area contributed by atoms with Crippen LogP contribution in [0.5, 0.6) is 5.75 Å². The first-order chi connectivity index (χ1) is 7.61. The number of aryl methyl sites for hydroxylation is 1. The van der Waals surface area contributed by atoms with Crippen LogP contribution < -0.4 is 10.2 Å². The summed E-state index contributed by atoms with van der Waals surface area (Å²) >= 11 is 0. The van der Waals surface area contributed by atoms with E-state index in [1.54, 1.807) is 7.11 Å². The van der Waals surface area contributed by atoms with E-state index in [1.807, 2.05) is 19.1 Å². The van der Waals surface area contributed by atoms with Crippen molar-refractivity contribution < 1.29 is 9.57 Å². The molecule has 0 spiro atoms. The van der Waals surface area contributed by atoms with Crippen LogP contribution in [0.25, 0.3) is 0 Å². The third-order valence-corrected chi connectivity index (χ3v) is 1.99. The van der Waals surface area contributed by atoms with E-state index in [1.165, 1.54) is 0 Å². The first kappa shape index (κ1) is 12.9. The highest BCUT2D eigenvalue weighted by molar-refractivity contribution is 5.26. The molecule has 1 rings (SSSR count). The molecule has 0 aliphatic rings. The fourth-order valence-corrected chi connectivity index (χ4v) is 1.26. The van der Waals surface area contributed by atoms with Gasteiger partial charge >= 0.3 is 0 Å². The number of methoxy groups -OCH3 is 1. The van der Waals surface area contributed by atoms with Crippen molar-refractivity contribution in [2.45, 2.75) is 27.3 Å². The molecule has 0 unspecified atom stereocenters. The second-order valence-electron chi connectivity index (χ2n) is 4.17. The Balaban J connectivity index is 2.44. The summed E-state index contributed by atoms with van der Waals surface area (Å²) in [6.45, 7) is 7.44. The SMILES string of the molecule is COc1cc(C)nc(CNOCC(C)C)c1. The van der Waals surface area contributed by atoms with Crippen LogP contribution in [0.15, 0.2) is 12.1 Å². The molecule has 0 saturated carbocycles. The summed E-state index contributed by atoms with van der Waals surface area (Å²) in [5.74, 6) is 1.35. The Hall–Kier alpha value is -1.13. The summed E-state index contributed by atoms with van der Waals surface area (Å²) in [7, 11) is 1.65. The lowest BCUT2D eigenvalue weighted by Gasteiger charge is -2.09. The fraction of sp³-hybridized carbons (Fsp3) is 0.583. The average Bonchev–Trinajstić information content (AvgIpc) is 2.23. The predicted molar refractivity (Wildman–Crippen MR) is 63.2 cm³/mol. The van der Waals surface area contributed by atoms with Crippen LogP contribution in [0, 0.1) is 12.8 Å². The summed E-state index contributed by atoms with van der Waals surface area (Å²) < 4.78 is 5.17. The molecule has 0 fully saturated rings. The highest BCUT2D eigenvalue weighted by atomic mass is 16.6. The second kappa shape index (κ2) is 6.45. The molecular formula is C12H20N2O2. The molecule has 0 aliphatic carbocycles. The van der Waals surface area contributed by atoms with E-state index >= 15 is 0 Å². The summed E-state index contributed by atoms with van der Waals surface area (Å²) in [5, 5.41) is 0. The molecule has 1 heterocycles. The van der Waals surface area contributed by atoms with Crippen LogP contribution in [-0.4, -0.2) is 18.7 Å². The minimum atomic E-state index is 0.521. The largest absolute Gasteiger partial charge is 0.497 e. The van der Waals surface area contributed by atoms with Crippen molar-refractivity contribution in [2.24, 2.45) is 5.92 Å². The normalized spacial score (nSPS) is 10.8. The van der Waals surface area contributed by atoms with Crippen molar-refractivity contribution >= 4 is 0 Å². The maximum atomic E-state index is 5.28. The standard InChI is InChI=1S/C12H20N2O2/c1-9(2)8-16-13-7-11-6-12(15-4)5-10(3)14-11/h5-6,9,13H,7-8H2,1-4H3. The Morgan fingerprint density at radius 2 is 2.12 bits per heavy atom. The minimum absolute atomic E-state index is 0.521. The topological polar surface area (TPSA) is 43.4 Å². The van der Waals surface area contributed by atoms with Crippen molar-refractivity contribution in [1.82, 2.24) is 10.5 Å². The van der Waals surface area contributed by atoms with Gasteiger partial charge in [-0.05, 0) is 12.8 Å². The van der Waals surface area contributed by atoms with Gasteiger partial charge < -0.3 is 9.57 Å². The van der Waals surface area contributed by atoms with Crippen molar-refractivity contribution in [2.75, 3.05) is 13.7 Å². The lowest BCUT2D eigenvalue weighted by Crippen LogP contribution is -2.18. The quantitative estimate of drug-likeness (QED) is 0.593. The molecule has 4 heteroatoms. The number of rotatable bonds is 6. The predicted octanol–water partition coefficient (Wildman–Crippen LogP) is 2.08. The molecule has 0 aromatic carbocycles. The Bertz CT molecular complexity index is 327. The van der Waals surface area contributed by atoms with Gasteiger partial charge in [0.1, 0.15) is 5.75 Å². The number of aromatic nitrogens is 1. The lowest BCUT2D eigenvalue weighted by molar-refractivity contribution is 0.0190. The van der Waals surface area contributed by atoms with Gasteiger partial charge in [0.25, 0.3) is 0 Å². The van der Waals surface area contributed by atoms with Crippen LogP contribution in [-0.2, 0) is 11.4 Å². The van der Waals surface area contributed by atoms with Gasteiger partial charge in [0, 0.05) is 17.8 Å². The molecule has 90 valence electrons. The first-order valence-electron chi connectivity index (χ1n) is 5.48. The number of nitrogens with zero attached hydrogens (tertiary/aromatic N) is 1. The number of nitrogens with one attached hydrogen (secondary N) is 1. The van der Waals surface area contributed by atoms with E-state index in [4.69, 9.17) is 9.57 Å². The maximum absolute atomic E-state index is 5.28. The molecule has 1 N–H and O–H groups in total. The number of hydrogen-bond donors (Lipinski definition) is 1. The molecule has 0 amide bonds. The van der Waals surface area contributed by atoms with Crippen LogP contribution in [0.3, 0.4) is 0 Å². The summed E-state index contributed by atoms with van der Waals surface area (Å²) in [6, 6.07) is 3.80. The number of pyridine rings is 1. The van der Waals surface area contributed by atoms with Gasteiger partial charge in [-0.15, -0.1) is 0 Å². The lowest BCUT2D eigenvalue weighted by atomic mass is 10.2. The Kier molecular flexibility index (Phi) is 5.22. The summed E-state index contributed by atoms with van der Waals surface area (Å²) in [4.78, 5) is 9.66. The second-order valence-corrected chi connectivity index (χ2v) is 4.17. The van der Waals surface area contributed by atoms with E-state index in [2.05, 4.69) is 24.3 Å². The van der Waals surface area contributed by atoms with Crippen LogP contribution in [0.1, 0.15) is 25.2 Å². The van der Waals surface area contributed by atoms with Crippen molar-refractivity contribution in [3.8, 4) is 5.75 Å². The Labute approximate surface area is 96.9 Å². The van der Waals surface area contributed by atoms with Gasteiger partial charge in [-0.2, -0.15) is 5.48 Å². The van der Waals surface area contributed by atoms with Gasteiger partial charge in [0.15, 0.2) is 0 Å². The summed E-state index contributed by atoms with van der Waals surface area (Å²) in [5.41, 5.74) is 4.76. The monoisotopic (exact) mass is 224 g/mol. The average molecular weight is 224 g/mol. The first-order valence-corrected chi connectivity index (χ1v) is 5.48. The summed E-state index contributed by atoms with van der Waals surface area (Å²) in [6.07, 6.45) is 0.